The van der Waals surface area contributed by atoms with Gasteiger partial charge in [0.1, 0.15) is 0 Å². The molecule has 0 spiro atoms. The summed E-state index contributed by atoms with van der Waals surface area (Å²) in [7, 11) is -6.00. The summed E-state index contributed by atoms with van der Waals surface area (Å²) >= 11 is 0. The zero-order chi connectivity index (χ0) is 23.0. The van der Waals surface area contributed by atoms with Crippen LogP contribution in [0, 0.1) is 5.92 Å². The lowest BCUT2D eigenvalue weighted by Gasteiger charge is -2.33. The highest BCUT2D eigenvalue weighted by Gasteiger charge is 2.41. The molecule has 0 saturated heterocycles. The molecule has 6 heteroatoms. The first-order valence-electron chi connectivity index (χ1n) is 11.1. The molecule has 0 radical (unpaired) electrons. The Kier molecular flexibility index (Phi) is 8.68. The van der Waals surface area contributed by atoms with Crippen LogP contribution >= 0.6 is 14.7 Å². The molecular formula is C26H33NO3P2. The zero-order valence-electron chi connectivity index (χ0n) is 19.3. The molecule has 1 unspecified atom stereocenters. The highest BCUT2D eigenvalue weighted by molar-refractivity contribution is 7.87. The fraction of sp³-hybridized carbons (Fsp3) is 0.308. The third-order valence-electron chi connectivity index (χ3n) is 5.22. The molecule has 0 aliphatic carbocycles. The van der Waals surface area contributed by atoms with Gasteiger partial charge in [-0.3, -0.25) is 9.31 Å². The van der Waals surface area contributed by atoms with Crippen LogP contribution in [-0.4, -0.2) is 19.0 Å². The summed E-state index contributed by atoms with van der Waals surface area (Å²) in [5, 5.41) is 3.34. The molecule has 0 fully saturated rings. The molecule has 3 aromatic rings. The molecule has 0 saturated carbocycles. The number of nitrogens with zero attached hydrogens (tertiary/aromatic N) is 1. The topological polar surface area (TPSA) is 47.9 Å². The Balaban J connectivity index is 2.45. The van der Waals surface area contributed by atoms with Crippen molar-refractivity contribution >= 4 is 30.6 Å². The van der Waals surface area contributed by atoms with Gasteiger partial charge in [-0.15, -0.1) is 0 Å². The lowest BCUT2D eigenvalue weighted by Crippen LogP contribution is -2.28. The fourth-order valence-corrected chi connectivity index (χ4v) is 10.4. The van der Waals surface area contributed by atoms with E-state index in [9.17, 15) is 4.57 Å². The van der Waals surface area contributed by atoms with Gasteiger partial charge in [0.2, 0.25) is 0 Å². The molecular weight excluding hydrogens is 436 g/mol. The summed E-state index contributed by atoms with van der Waals surface area (Å²) in [4.78, 5) is 0. The maximum absolute atomic E-state index is 14.0. The van der Waals surface area contributed by atoms with Gasteiger partial charge < -0.3 is 9.05 Å². The van der Waals surface area contributed by atoms with E-state index in [1.807, 2.05) is 82.3 Å². The SMILES string of the molecule is CCOP(=O)(OCC)C(N=P(c1ccccc1)(c1ccccc1)c1ccccc1)C(C)C. The van der Waals surface area contributed by atoms with Crippen LogP contribution in [0.15, 0.2) is 95.7 Å². The van der Waals surface area contributed by atoms with Crippen LogP contribution in [0.5, 0.6) is 0 Å². The fourth-order valence-electron chi connectivity index (χ4n) is 3.87. The summed E-state index contributed by atoms with van der Waals surface area (Å²) in [5.74, 6) is -0.634. The highest BCUT2D eigenvalue weighted by Crippen LogP contribution is 2.60. The third kappa shape index (κ3) is 5.16. The van der Waals surface area contributed by atoms with E-state index < -0.39 is 20.4 Å². The Hall–Kier alpha value is -1.96. The Morgan fingerprint density at radius 1 is 0.688 bits per heavy atom. The first-order valence-corrected chi connectivity index (χ1v) is 14.5. The van der Waals surface area contributed by atoms with Gasteiger partial charge in [-0.25, -0.2) is 0 Å². The van der Waals surface area contributed by atoms with Gasteiger partial charge in [0.25, 0.3) is 0 Å². The molecule has 0 amide bonds. The van der Waals surface area contributed by atoms with Crippen LogP contribution in [-0.2, 0) is 13.6 Å². The van der Waals surface area contributed by atoms with E-state index in [2.05, 4.69) is 36.4 Å². The Labute approximate surface area is 192 Å². The van der Waals surface area contributed by atoms with E-state index in [1.165, 1.54) is 0 Å². The maximum atomic E-state index is 14.0. The van der Waals surface area contributed by atoms with Crippen molar-refractivity contribution in [3.05, 3.63) is 91.0 Å². The first kappa shape index (κ1) is 24.7. The summed E-state index contributed by atoms with van der Waals surface area (Å²) in [6, 6.07) is 31.0. The second-order valence-electron chi connectivity index (χ2n) is 7.79. The average molecular weight is 470 g/mol. The van der Waals surface area contributed by atoms with Crippen molar-refractivity contribution in [3.63, 3.8) is 0 Å². The second-order valence-corrected chi connectivity index (χ2v) is 13.0. The maximum Gasteiger partial charge on any atom is 0.355 e. The average Bonchev–Trinajstić information content (AvgIpc) is 2.82. The molecule has 0 heterocycles. The number of hydrogen-bond acceptors (Lipinski definition) is 4. The molecule has 0 N–H and O–H groups in total. The normalized spacial score (nSPS) is 13.2. The van der Waals surface area contributed by atoms with Crippen LogP contribution in [0.4, 0.5) is 0 Å². The first-order chi connectivity index (χ1) is 15.5. The van der Waals surface area contributed by atoms with Crippen LogP contribution in [0.3, 0.4) is 0 Å². The van der Waals surface area contributed by atoms with Crippen molar-refractivity contribution in [2.24, 2.45) is 10.7 Å². The quantitative estimate of drug-likeness (QED) is 0.322. The molecule has 170 valence electrons. The number of hydrogen-bond donors (Lipinski definition) is 0. The Morgan fingerprint density at radius 3 is 1.31 bits per heavy atom. The summed E-state index contributed by atoms with van der Waals surface area (Å²) < 4.78 is 31.1. The van der Waals surface area contributed by atoms with Gasteiger partial charge in [0, 0.05) is 15.9 Å². The lowest BCUT2D eigenvalue weighted by molar-refractivity contribution is 0.207. The van der Waals surface area contributed by atoms with Crippen molar-refractivity contribution in [2.75, 3.05) is 13.2 Å². The van der Waals surface area contributed by atoms with Gasteiger partial charge in [-0.05, 0) is 19.8 Å². The van der Waals surface area contributed by atoms with Crippen molar-refractivity contribution in [1.29, 1.82) is 0 Å². The van der Waals surface area contributed by atoms with Gasteiger partial charge in [0.15, 0.2) is 5.78 Å². The summed E-state index contributed by atoms with van der Waals surface area (Å²) in [6.45, 7) is 8.38. The number of benzene rings is 3. The predicted molar refractivity (Wildman–Crippen MR) is 137 cm³/mol. The van der Waals surface area contributed by atoms with Crippen molar-refractivity contribution in [1.82, 2.24) is 0 Å². The molecule has 3 aromatic carbocycles. The minimum atomic E-state index is -3.48. The molecule has 0 aliphatic rings. The predicted octanol–water partition coefficient (Wildman–Crippen LogP) is 6.41. The molecule has 3 rings (SSSR count). The minimum Gasteiger partial charge on any atom is -0.307 e. The Bertz CT molecular complexity index is 957. The van der Waals surface area contributed by atoms with Crippen molar-refractivity contribution in [2.45, 2.75) is 33.5 Å². The van der Waals surface area contributed by atoms with E-state index in [4.69, 9.17) is 13.8 Å². The van der Waals surface area contributed by atoms with E-state index in [0.29, 0.717) is 13.2 Å². The van der Waals surface area contributed by atoms with E-state index in [1.54, 1.807) is 0 Å². The van der Waals surface area contributed by atoms with Gasteiger partial charge in [-0.1, -0.05) is 105 Å². The molecule has 0 bridgehead atoms. The smallest absolute Gasteiger partial charge is 0.307 e. The zero-order valence-corrected chi connectivity index (χ0v) is 21.1. The molecule has 0 aliphatic heterocycles. The van der Waals surface area contributed by atoms with E-state index in [-0.39, 0.29) is 5.92 Å². The third-order valence-corrected chi connectivity index (χ3v) is 11.7. The second kappa shape index (κ2) is 11.3. The standard InChI is InChI=1S/C26H33NO3P2/c1-5-29-32(28,30-6-2)26(22(3)4)27-31(23-16-10-7-11-17-23,24-18-12-8-13-19-24)25-20-14-9-15-21-25/h7-22,26H,5-6H2,1-4H3. The van der Waals surface area contributed by atoms with E-state index in [0.717, 1.165) is 15.9 Å². The van der Waals surface area contributed by atoms with Crippen LogP contribution in [0.1, 0.15) is 27.7 Å². The lowest BCUT2D eigenvalue weighted by atomic mass is 10.2. The largest absolute Gasteiger partial charge is 0.355 e. The van der Waals surface area contributed by atoms with Crippen molar-refractivity contribution in [3.8, 4) is 0 Å². The molecule has 0 aromatic heterocycles. The summed E-state index contributed by atoms with van der Waals surface area (Å²) in [6.07, 6.45) is 0. The van der Waals surface area contributed by atoms with E-state index >= 15 is 0 Å². The molecule has 32 heavy (non-hydrogen) atoms. The van der Waals surface area contributed by atoms with Gasteiger partial charge in [-0.2, -0.15) is 0 Å². The van der Waals surface area contributed by atoms with Crippen LogP contribution < -0.4 is 15.9 Å². The molecule has 4 nitrogen and oxygen atoms in total. The monoisotopic (exact) mass is 469 g/mol. The number of rotatable bonds is 10. The minimum absolute atomic E-state index is 0.0329. The summed E-state index contributed by atoms with van der Waals surface area (Å²) in [5.41, 5.74) is 0. The van der Waals surface area contributed by atoms with Crippen LogP contribution in [0.25, 0.3) is 0 Å². The highest BCUT2D eigenvalue weighted by atomic mass is 31.2. The van der Waals surface area contributed by atoms with Crippen LogP contribution in [0.2, 0.25) is 0 Å². The molecule has 1 atom stereocenters. The van der Waals surface area contributed by atoms with Crippen molar-refractivity contribution < 1.29 is 13.6 Å². The van der Waals surface area contributed by atoms with Gasteiger partial charge >= 0.3 is 7.60 Å². The van der Waals surface area contributed by atoms with Gasteiger partial charge in [0.05, 0.1) is 20.3 Å². The Morgan fingerprint density at radius 2 is 1.03 bits per heavy atom.